The number of aliphatic carboxylic acids is 2. The number of aryl methyl sites for hydroxylation is 1. The first-order valence-electron chi connectivity index (χ1n) is 9.23. The van der Waals surface area contributed by atoms with Crippen LogP contribution in [0.3, 0.4) is 0 Å². The molecule has 0 aliphatic rings. The third-order valence-corrected chi connectivity index (χ3v) is 5.90. The average Bonchev–Trinajstić information content (AvgIpc) is 3.20. The van der Waals surface area contributed by atoms with Gasteiger partial charge in [-0.1, -0.05) is 33.7 Å². The van der Waals surface area contributed by atoms with Crippen LogP contribution in [0.1, 0.15) is 18.7 Å². The zero-order chi connectivity index (χ0) is 24.9. The summed E-state index contributed by atoms with van der Waals surface area (Å²) in [7, 11) is 3.00. The Morgan fingerprint density at radius 1 is 1.06 bits per heavy atom. The summed E-state index contributed by atoms with van der Waals surface area (Å²) < 4.78 is 50.9. The maximum absolute atomic E-state index is 13.7. The number of carboxylic acids is 2. The molecule has 8 nitrogen and oxygen atoms in total. The summed E-state index contributed by atoms with van der Waals surface area (Å²) in [5.74, 6) is -2.10. The van der Waals surface area contributed by atoms with Gasteiger partial charge in [0.2, 0.25) is 5.91 Å². The molecule has 0 radical (unpaired) electrons. The highest BCUT2D eigenvalue weighted by molar-refractivity contribution is 8.76. The van der Waals surface area contributed by atoms with E-state index in [-0.39, 0.29) is 24.6 Å². The van der Waals surface area contributed by atoms with E-state index in [0.717, 1.165) is 0 Å². The molecule has 0 saturated carbocycles. The lowest BCUT2D eigenvalue weighted by Gasteiger charge is -2.03. The van der Waals surface area contributed by atoms with E-state index in [2.05, 4.69) is 10.3 Å². The number of benzene rings is 1. The highest BCUT2D eigenvalue weighted by Crippen LogP contribution is 2.23. The highest BCUT2D eigenvalue weighted by Gasteiger charge is 2.38. The number of nitrogens with zero attached hydrogens (tertiary/aromatic N) is 1. The number of halogens is 4. The lowest BCUT2D eigenvalue weighted by atomic mass is 10.2. The van der Waals surface area contributed by atoms with Gasteiger partial charge in [0.25, 0.3) is 0 Å². The maximum atomic E-state index is 13.7. The summed E-state index contributed by atoms with van der Waals surface area (Å²) in [5, 5.41) is 18.4. The molecule has 0 unspecified atom stereocenters. The average molecular weight is 513 g/mol. The van der Waals surface area contributed by atoms with Crippen molar-refractivity contribution in [1.29, 1.82) is 0 Å². The van der Waals surface area contributed by atoms with Crippen LogP contribution in [0.25, 0.3) is 11.3 Å². The molecule has 0 aliphatic heterocycles. The molecule has 2 aromatic rings. The van der Waals surface area contributed by atoms with Crippen molar-refractivity contribution in [2.75, 3.05) is 18.1 Å². The van der Waals surface area contributed by atoms with Gasteiger partial charge < -0.3 is 19.9 Å². The Morgan fingerprint density at radius 3 is 2.30 bits per heavy atom. The third-order valence-electron chi connectivity index (χ3n) is 3.49. The number of carbonyl (C=O) groups excluding carboxylic acids is 1. The maximum Gasteiger partial charge on any atom is 0.490 e. The fourth-order valence-corrected chi connectivity index (χ4v) is 3.89. The number of carbonyl (C=O) groups is 3. The molecular weight excluding hydrogens is 492 g/mol. The third kappa shape index (κ3) is 12.2. The number of rotatable bonds is 11. The van der Waals surface area contributed by atoms with Crippen molar-refractivity contribution in [2.24, 2.45) is 0 Å². The van der Waals surface area contributed by atoms with Crippen LogP contribution >= 0.6 is 21.6 Å². The standard InChI is InChI=1S/C17H19FN2O4S2.C2HF3O2/c18-13-4-2-1-3-12(13)14-11-20-16(24-14)6-5-15(21)19-8-10-26-25-9-7-17(22)23;3-2(4,5)1(6)7/h1-4,11H,5-10H2,(H,19,21)(H,22,23);(H,6,7). The summed E-state index contributed by atoms with van der Waals surface area (Å²) in [4.78, 5) is 35.1. The molecule has 3 N–H and O–H groups in total. The van der Waals surface area contributed by atoms with Crippen molar-refractivity contribution in [3.8, 4) is 11.3 Å². The van der Waals surface area contributed by atoms with Crippen molar-refractivity contribution in [1.82, 2.24) is 10.3 Å². The van der Waals surface area contributed by atoms with E-state index in [4.69, 9.17) is 19.4 Å². The molecule has 1 heterocycles. The summed E-state index contributed by atoms with van der Waals surface area (Å²) in [6.07, 6.45) is -2.93. The molecule has 33 heavy (non-hydrogen) atoms. The monoisotopic (exact) mass is 512 g/mol. The number of nitrogens with one attached hydrogen (secondary N) is 1. The second-order valence-electron chi connectivity index (χ2n) is 6.04. The Hall–Kier alpha value is -2.74. The minimum Gasteiger partial charge on any atom is -0.481 e. The van der Waals surface area contributed by atoms with E-state index in [0.29, 0.717) is 41.7 Å². The second-order valence-corrected chi connectivity index (χ2v) is 8.74. The van der Waals surface area contributed by atoms with Crippen molar-refractivity contribution in [2.45, 2.75) is 25.4 Å². The smallest absolute Gasteiger partial charge is 0.481 e. The SMILES string of the molecule is O=C(O)C(F)(F)F.O=C(O)CCSSCCNC(=O)CCc1ncc(-c2ccccc2F)o1. The Bertz CT molecular complexity index is 924. The number of amides is 1. The van der Waals surface area contributed by atoms with Crippen LogP contribution in [0, 0.1) is 5.82 Å². The van der Waals surface area contributed by atoms with Gasteiger partial charge in [0.15, 0.2) is 11.7 Å². The van der Waals surface area contributed by atoms with Crippen molar-refractivity contribution in [3.05, 3.63) is 42.2 Å². The molecule has 0 fully saturated rings. The molecule has 1 aromatic carbocycles. The lowest BCUT2D eigenvalue weighted by Crippen LogP contribution is -2.25. The van der Waals surface area contributed by atoms with Crippen molar-refractivity contribution < 1.29 is 46.6 Å². The summed E-state index contributed by atoms with van der Waals surface area (Å²) in [6.45, 7) is 0.510. The first kappa shape index (κ1) is 28.3. The Labute approximate surface area is 193 Å². The minimum absolute atomic E-state index is 0.119. The van der Waals surface area contributed by atoms with Crippen molar-refractivity contribution in [3.63, 3.8) is 0 Å². The van der Waals surface area contributed by atoms with Gasteiger partial charge in [0.05, 0.1) is 18.2 Å². The number of oxazole rings is 1. The van der Waals surface area contributed by atoms with Gasteiger partial charge in [-0.05, 0) is 12.1 Å². The number of hydrogen-bond acceptors (Lipinski definition) is 7. The fourth-order valence-electron chi connectivity index (χ4n) is 2.00. The number of alkyl halides is 3. The van der Waals surface area contributed by atoms with Gasteiger partial charge in [-0.2, -0.15) is 13.2 Å². The summed E-state index contributed by atoms with van der Waals surface area (Å²) >= 11 is 0. The van der Waals surface area contributed by atoms with Gasteiger partial charge in [-0.15, -0.1) is 0 Å². The van der Waals surface area contributed by atoms with E-state index in [1.54, 1.807) is 18.2 Å². The molecule has 1 aromatic heterocycles. The highest BCUT2D eigenvalue weighted by atomic mass is 33.1. The fraction of sp³-hybridized carbons (Fsp3) is 0.368. The first-order valence-corrected chi connectivity index (χ1v) is 11.7. The molecule has 0 spiro atoms. The molecule has 0 bridgehead atoms. The van der Waals surface area contributed by atoms with Gasteiger partial charge in [0, 0.05) is 30.9 Å². The minimum atomic E-state index is -5.08. The second kappa shape index (κ2) is 14.4. The first-order chi connectivity index (χ1) is 15.5. The molecule has 0 aliphatic carbocycles. The van der Waals surface area contributed by atoms with Crippen LogP contribution in [0.15, 0.2) is 34.9 Å². The van der Waals surface area contributed by atoms with Crippen LogP contribution < -0.4 is 5.32 Å². The quantitative estimate of drug-likeness (QED) is 0.232. The molecule has 182 valence electrons. The summed E-state index contributed by atoms with van der Waals surface area (Å²) in [6, 6.07) is 6.27. The van der Waals surface area contributed by atoms with Crippen LogP contribution in [-0.4, -0.2) is 57.3 Å². The molecule has 0 saturated heterocycles. The lowest BCUT2D eigenvalue weighted by molar-refractivity contribution is -0.192. The van der Waals surface area contributed by atoms with Crippen LogP contribution in [0.4, 0.5) is 17.6 Å². The largest absolute Gasteiger partial charge is 0.490 e. The van der Waals surface area contributed by atoms with Gasteiger partial charge in [0.1, 0.15) is 5.82 Å². The number of carboxylic acid groups (broad SMARTS) is 2. The number of aromatic nitrogens is 1. The number of hydrogen-bond donors (Lipinski definition) is 3. The predicted molar refractivity (Wildman–Crippen MR) is 114 cm³/mol. The Morgan fingerprint density at radius 2 is 1.70 bits per heavy atom. The van der Waals surface area contributed by atoms with Gasteiger partial charge in [-0.3, -0.25) is 9.59 Å². The van der Waals surface area contributed by atoms with Gasteiger partial charge >= 0.3 is 18.1 Å². The van der Waals surface area contributed by atoms with Crippen molar-refractivity contribution >= 4 is 39.4 Å². The van der Waals surface area contributed by atoms with E-state index < -0.39 is 18.1 Å². The zero-order valence-corrected chi connectivity index (χ0v) is 18.6. The van der Waals surface area contributed by atoms with E-state index in [1.165, 1.54) is 33.9 Å². The van der Waals surface area contributed by atoms with E-state index >= 15 is 0 Å². The van der Waals surface area contributed by atoms with Gasteiger partial charge in [-0.25, -0.2) is 14.2 Å². The Balaban J connectivity index is 0.000000675. The normalized spacial score (nSPS) is 10.8. The van der Waals surface area contributed by atoms with E-state index in [1.807, 2.05) is 0 Å². The molecular formula is C19H20F4N2O6S2. The van der Waals surface area contributed by atoms with Crippen LogP contribution in [-0.2, 0) is 20.8 Å². The molecule has 14 heteroatoms. The topological polar surface area (TPSA) is 130 Å². The molecule has 0 atom stereocenters. The Kier molecular flexibility index (Phi) is 12.4. The molecule has 2 rings (SSSR count). The molecule has 1 amide bonds. The predicted octanol–water partition coefficient (Wildman–Crippen LogP) is 4.02. The van der Waals surface area contributed by atoms with Crippen LogP contribution in [0.5, 0.6) is 0 Å². The zero-order valence-electron chi connectivity index (χ0n) is 16.9. The van der Waals surface area contributed by atoms with Crippen LogP contribution in [0.2, 0.25) is 0 Å². The summed E-state index contributed by atoms with van der Waals surface area (Å²) in [5.41, 5.74) is 0.341. The van der Waals surface area contributed by atoms with E-state index in [9.17, 15) is 27.2 Å².